The second-order valence-electron chi connectivity index (χ2n) is 2.53. The zero-order valence-corrected chi connectivity index (χ0v) is 10.4. The number of nitrogens with zero attached hydrogens (tertiary/aromatic N) is 3. The maximum Gasteiger partial charge on any atom is 0.316 e. The SMILES string of the molecule is [N-]=[N+]=NCCOCCOCCOC(=O)CBr. The van der Waals surface area contributed by atoms with E-state index in [9.17, 15) is 4.79 Å². The first-order valence-electron chi connectivity index (χ1n) is 4.69. The number of azide groups is 1. The van der Waals surface area contributed by atoms with E-state index in [4.69, 9.17) is 19.7 Å². The molecule has 0 aromatic rings. The quantitative estimate of drug-likeness (QED) is 0.151. The van der Waals surface area contributed by atoms with Crippen LogP contribution in [0.15, 0.2) is 5.11 Å². The Balaban J connectivity index is 3.04. The molecule has 0 aromatic heterocycles. The Morgan fingerprint density at radius 2 is 1.81 bits per heavy atom. The standard InChI is InChI=1S/C8H14BrN3O4/c9-7-8(13)16-6-5-15-4-3-14-2-1-11-12-10/h1-7H2. The van der Waals surface area contributed by atoms with Gasteiger partial charge < -0.3 is 14.2 Å². The zero-order valence-electron chi connectivity index (χ0n) is 8.80. The molecule has 7 nitrogen and oxygen atoms in total. The van der Waals surface area contributed by atoms with Gasteiger partial charge in [-0.2, -0.15) is 0 Å². The minimum absolute atomic E-state index is 0.190. The molecule has 0 spiro atoms. The van der Waals surface area contributed by atoms with Crippen LogP contribution >= 0.6 is 15.9 Å². The number of carbonyl (C=O) groups excluding carboxylic acids is 1. The zero-order chi connectivity index (χ0) is 12.1. The van der Waals surface area contributed by atoms with Crippen LogP contribution < -0.4 is 0 Å². The number of hydrogen-bond acceptors (Lipinski definition) is 5. The van der Waals surface area contributed by atoms with Crippen molar-refractivity contribution in [2.75, 3.05) is 44.9 Å². The number of hydrogen-bond donors (Lipinski definition) is 0. The van der Waals surface area contributed by atoms with Crippen LogP contribution in [0.3, 0.4) is 0 Å². The number of ether oxygens (including phenoxy) is 3. The van der Waals surface area contributed by atoms with Crippen LogP contribution in [0.25, 0.3) is 10.4 Å². The van der Waals surface area contributed by atoms with E-state index in [1.165, 1.54) is 0 Å². The lowest BCUT2D eigenvalue weighted by atomic mass is 10.7. The second-order valence-corrected chi connectivity index (χ2v) is 3.09. The summed E-state index contributed by atoms with van der Waals surface area (Å²) in [4.78, 5) is 13.2. The van der Waals surface area contributed by atoms with Gasteiger partial charge in [0.25, 0.3) is 0 Å². The summed E-state index contributed by atoms with van der Waals surface area (Å²) in [6.07, 6.45) is 0. The van der Waals surface area contributed by atoms with Gasteiger partial charge in [0.1, 0.15) is 11.9 Å². The van der Waals surface area contributed by atoms with Crippen molar-refractivity contribution in [2.45, 2.75) is 0 Å². The third kappa shape index (κ3) is 11.3. The molecule has 0 rings (SSSR count). The van der Waals surface area contributed by atoms with Crippen LogP contribution in [0, 0.1) is 0 Å². The normalized spacial score (nSPS) is 9.56. The summed E-state index contributed by atoms with van der Waals surface area (Å²) in [5, 5.41) is 3.49. The van der Waals surface area contributed by atoms with E-state index in [0.717, 1.165) is 0 Å². The smallest absolute Gasteiger partial charge is 0.316 e. The van der Waals surface area contributed by atoms with E-state index < -0.39 is 0 Å². The predicted molar refractivity (Wildman–Crippen MR) is 60.4 cm³/mol. The van der Waals surface area contributed by atoms with Gasteiger partial charge in [0.2, 0.25) is 0 Å². The molecule has 0 radical (unpaired) electrons. The Labute approximate surface area is 102 Å². The molecule has 0 amide bonds. The Hall–Kier alpha value is -0.820. The first-order chi connectivity index (χ1) is 7.81. The largest absolute Gasteiger partial charge is 0.463 e. The predicted octanol–water partition coefficient (Wildman–Crippen LogP) is 1.27. The molecule has 0 aliphatic heterocycles. The van der Waals surface area contributed by atoms with Crippen molar-refractivity contribution >= 4 is 21.9 Å². The number of carbonyl (C=O) groups is 1. The summed E-state index contributed by atoms with van der Waals surface area (Å²) >= 11 is 2.97. The molecule has 8 heteroatoms. The summed E-state index contributed by atoms with van der Waals surface area (Å²) < 4.78 is 14.9. The van der Waals surface area contributed by atoms with Gasteiger partial charge in [0.15, 0.2) is 0 Å². The Bertz CT molecular complexity index is 233. The average Bonchev–Trinajstić information content (AvgIpc) is 2.31. The van der Waals surface area contributed by atoms with Gasteiger partial charge in [-0.25, -0.2) is 0 Å². The lowest BCUT2D eigenvalue weighted by Gasteiger charge is -2.05. The van der Waals surface area contributed by atoms with E-state index >= 15 is 0 Å². The maximum absolute atomic E-state index is 10.7. The van der Waals surface area contributed by atoms with Crippen molar-refractivity contribution in [3.63, 3.8) is 0 Å². The molecule has 0 saturated carbocycles. The van der Waals surface area contributed by atoms with Crippen LogP contribution in [0.4, 0.5) is 0 Å². The van der Waals surface area contributed by atoms with Gasteiger partial charge in [-0.1, -0.05) is 21.0 Å². The molecule has 0 unspecified atom stereocenters. The summed E-state index contributed by atoms with van der Waals surface area (Å²) in [5.74, 6) is -0.311. The summed E-state index contributed by atoms with van der Waals surface area (Å²) in [7, 11) is 0. The van der Waals surface area contributed by atoms with Crippen LogP contribution in [0.5, 0.6) is 0 Å². The van der Waals surface area contributed by atoms with Gasteiger partial charge in [0, 0.05) is 11.5 Å². The summed E-state index contributed by atoms with van der Waals surface area (Å²) in [6, 6.07) is 0. The highest BCUT2D eigenvalue weighted by Gasteiger charge is 1.97. The van der Waals surface area contributed by atoms with Gasteiger partial charge in [-0.15, -0.1) is 0 Å². The molecule has 0 heterocycles. The van der Waals surface area contributed by atoms with Crippen molar-refractivity contribution in [1.29, 1.82) is 0 Å². The minimum atomic E-state index is -0.311. The van der Waals surface area contributed by atoms with Crippen molar-refractivity contribution in [2.24, 2.45) is 5.11 Å². The molecule has 0 aliphatic carbocycles. The van der Waals surface area contributed by atoms with Gasteiger partial charge in [-0.3, -0.25) is 4.79 Å². The summed E-state index contributed by atoms with van der Waals surface area (Å²) in [6.45, 7) is 2.13. The van der Waals surface area contributed by atoms with Crippen molar-refractivity contribution in [3.8, 4) is 0 Å². The monoisotopic (exact) mass is 295 g/mol. The van der Waals surface area contributed by atoms with E-state index in [1.54, 1.807) is 0 Å². The first kappa shape index (κ1) is 15.2. The van der Waals surface area contributed by atoms with Crippen LogP contribution in [-0.4, -0.2) is 50.9 Å². The van der Waals surface area contributed by atoms with E-state index in [2.05, 4.69) is 26.0 Å². The van der Waals surface area contributed by atoms with Crippen molar-refractivity contribution in [1.82, 2.24) is 0 Å². The third-order valence-electron chi connectivity index (χ3n) is 1.37. The molecule has 16 heavy (non-hydrogen) atoms. The highest BCUT2D eigenvalue weighted by atomic mass is 79.9. The fourth-order valence-electron chi connectivity index (χ4n) is 0.725. The van der Waals surface area contributed by atoms with Gasteiger partial charge in [-0.05, 0) is 5.53 Å². The Morgan fingerprint density at radius 3 is 2.44 bits per heavy atom. The van der Waals surface area contributed by atoms with E-state index in [0.29, 0.717) is 33.0 Å². The van der Waals surface area contributed by atoms with E-state index in [1.807, 2.05) is 0 Å². The highest BCUT2D eigenvalue weighted by molar-refractivity contribution is 9.09. The van der Waals surface area contributed by atoms with E-state index in [-0.39, 0.29) is 17.9 Å². The number of rotatable bonds is 10. The molecular weight excluding hydrogens is 282 g/mol. The Kier molecular flexibility index (Phi) is 11.6. The highest BCUT2D eigenvalue weighted by Crippen LogP contribution is 1.86. The van der Waals surface area contributed by atoms with Crippen LogP contribution in [-0.2, 0) is 19.0 Å². The molecule has 0 aromatic carbocycles. The fourth-order valence-corrected chi connectivity index (χ4v) is 0.887. The molecule has 0 fully saturated rings. The molecule has 92 valence electrons. The molecule has 0 N–H and O–H groups in total. The molecule has 0 bridgehead atoms. The number of esters is 1. The van der Waals surface area contributed by atoms with Crippen molar-refractivity contribution in [3.05, 3.63) is 10.4 Å². The number of halogens is 1. The van der Waals surface area contributed by atoms with Crippen molar-refractivity contribution < 1.29 is 19.0 Å². The minimum Gasteiger partial charge on any atom is -0.463 e. The maximum atomic E-state index is 10.7. The van der Waals surface area contributed by atoms with Gasteiger partial charge >= 0.3 is 5.97 Å². The topological polar surface area (TPSA) is 93.5 Å². The number of alkyl halides is 1. The van der Waals surface area contributed by atoms with Crippen LogP contribution in [0.2, 0.25) is 0 Å². The average molecular weight is 296 g/mol. The fraction of sp³-hybridized carbons (Fsp3) is 0.875. The molecular formula is C8H14BrN3O4. The lowest BCUT2D eigenvalue weighted by Crippen LogP contribution is -2.13. The van der Waals surface area contributed by atoms with Gasteiger partial charge in [0.05, 0.1) is 26.4 Å². The van der Waals surface area contributed by atoms with Crippen LogP contribution in [0.1, 0.15) is 0 Å². The lowest BCUT2D eigenvalue weighted by molar-refractivity contribution is -0.141. The first-order valence-corrected chi connectivity index (χ1v) is 5.81. The second kappa shape index (κ2) is 12.3. The molecule has 0 aliphatic rings. The molecule has 0 atom stereocenters. The Morgan fingerprint density at radius 1 is 1.19 bits per heavy atom. The molecule has 0 saturated heterocycles. The third-order valence-corrected chi connectivity index (χ3v) is 1.83. The summed E-state index contributed by atoms with van der Waals surface area (Å²) in [5.41, 5.74) is 7.96.